The summed E-state index contributed by atoms with van der Waals surface area (Å²) in [6.07, 6.45) is 1.86. The molecule has 0 N–H and O–H groups in total. The van der Waals surface area contributed by atoms with Gasteiger partial charge in [0.2, 0.25) is 5.88 Å². The van der Waals surface area contributed by atoms with Gasteiger partial charge in [0.1, 0.15) is 0 Å². The molecule has 2 rings (SSSR count). The van der Waals surface area contributed by atoms with Gasteiger partial charge in [-0.15, -0.1) is 11.6 Å². The van der Waals surface area contributed by atoms with Crippen LogP contribution in [0, 0.1) is 0 Å². The number of halogens is 1. The zero-order chi connectivity index (χ0) is 11.4. The standard InChI is InChI=1S/C11H15ClN2O2/c1-15-11-6-9(2-3-13-11)14-4-5-16-10(7-12)8-14/h2-3,6,10H,4-5,7-8H2,1H3. The van der Waals surface area contributed by atoms with E-state index in [0.29, 0.717) is 18.4 Å². The number of alkyl halides is 1. The van der Waals surface area contributed by atoms with Gasteiger partial charge in [-0.1, -0.05) is 0 Å². The fourth-order valence-corrected chi connectivity index (χ4v) is 1.94. The molecule has 0 bridgehead atoms. The maximum atomic E-state index is 5.80. The summed E-state index contributed by atoms with van der Waals surface area (Å²) in [5, 5.41) is 0. The minimum absolute atomic E-state index is 0.106. The first kappa shape index (κ1) is 11.5. The van der Waals surface area contributed by atoms with Crippen LogP contribution in [0.1, 0.15) is 0 Å². The van der Waals surface area contributed by atoms with Crippen LogP contribution in [0.2, 0.25) is 0 Å². The van der Waals surface area contributed by atoms with E-state index in [1.54, 1.807) is 13.3 Å². The summed E-state index contributed by atoms with van der Waals surface area (Å²) in [7, 11) is 1.62. The van der Waals surface area contributed by atoms with Crippen LogP contribution < -0.4 is 9.64 Å². The Labute approximate surface area is 100 Å². The quantitative estimate of drug-likeness (QED) is 0.753. The van der Waals surface area contributed by atoms with Crippen molar-refractivity contribution in [1.82, 2.24) is 4.98 Å². The van der Waals surface area contributed by atoms with Gasteiger partial charge in [0.05, 0.1) is 25.7 Å². The molecule has 1 aromatic heterocycles. The smallest absolute Gasteiger partial charge is 0.214 e. The van der Waals surface area contributed by atoms with E-state index in [4.69, 9.17) is 21.1 Å². The molecule has 5 heteroatoms. The number of methoxy groups -OCH3 is 1. The topological polar surface area (TPSA) is 34.6 Å². The van der Waals surface area contributed by atoms with E-state index in [-0.39, 0.29) is 6.10 Å². The number of hydrogen-bond acceptors (Lipinski definition) is 4. The van der Waals surface area contributed by atoms with Gasteiger partial charge in [0.25, 0.3) is 0 Å². The Balaban J connectivity index is 2.10. The lowest BCUT2D eigenvalue weighted by molar-refractivity contribution is 0.0554. The lowest BCUT2D eigenvalue weighted by Gasteiger charge is -2.33. The van der Waals surface area contributed by atoms with Gasteiger partial charge in [-0.2, -0.15) is 0 Å². The lowest BCUT2D eigenvalue weighted by atomic mass is 10.2. The number of nitrogens with zero attached hydrogens (tertiary/aromatic N) is 2. The minimum atomic E-state index is 0.106. The highest BCUT2D eigenvalue weighted by molar-refractivity contribution is 6.18. The monoisotopic (exact) mass is 242 g/mol. The Morgan fingerprint density at radius 2 is 2.56 bits per heavy atom. The molecule has 88 valence electrons. The fraction of sp³-hybridized carbons (Fsp3) is 0.545. The van der Waals surface area contributed by atoms with Crippen LogP contribution in [0.3, 0.4) is 0 Å². The summed E-state index contributed by atoms with van der Waals surface area (Å²) in [6.45, 7) is 2.40. The SMILES string of the molecule is COc1cc(N2CCOC(CCl)C2)ccn1. The van der Waals surface area contributed by atoms with Gasteiger partial charge in [-0.3, -0.25) is 0 Å². The first-order chi connectivity index (χ1) is 7.83. The van der Waals surface area contributed by atoms with Crippen LogP contribution in [-0.2, 0) is 4.74 Å². The van der Waals surface area contributed by atoms with Crippen molar-refractivity contribution in [3.8, 4) is 5.88 Å². The Hall–Kier alpha value is -1.00. The molecule has 0 radical (unpaired) electrons. The molecule has 1 atom stereocenters. The van der Waals surface area contributed by atoms with Crippen LogP contribution in [0.5, 0.6) is 5.88 Å². The van der Waals surface area contributed by atoms with Crippen molar-refractivity contribution >= 4 is 17.3 Å². The fourth-order valence-electron chi connectivity index (χ4n) is 1.75. The predicted molar refractivity (Wildman–Crippen MR) is 63.5 cm³/mol. The molecular formula is C11H15ClN2O2. The second-order valence-corrected chi connectivity index (χ2v) is 3.96. The van der Waals surface area contributed by atoms with Crippen molar-refractivity contribution in [3.63, 3.8) is 0 Å². The molecule has 1 aliphatic heterocycles. The van der Waals surface area contributed by atoms with E-state index < -0.39 is 0 Å². The van der Waals surface area contributed by atoms with Gasteiger partial charge >= 0.3 is 0 Å². The molecule has 0 aliphatic carbocycles. The summed E-state index contributed by atoms with van der Waals surface area (Å²) < 4.78 is 10.6. The van der Waals surface area contributed by atoms with E-state index in [1.807, 2.05) is 12.1 Å². The van der Waals surface area contributed by atoms with E-state index in [9.17, 15) is 0 Å². The number of hydrogen-bond donors (Lipinski definition) is 0. The van der Waals surface area contributed by atoms with Crippen molar-refractivity contribution in [2.24, 2.45) is 0 Å². The average molecular weight is 243 g/mol. The normalized spacial score (nSPS) is 20.9. The summed E-state index contributed by atoms with van der Waals surface area (Å²) in [5.74, 6) is 1.16. The Morgan fingerprint density at radius 3 is 3.31 bits per heavy atom. The predicted octanol–water partition coefficient (Wildman–Crippen LogP) is 1.53. The first-order valence-electron chi connectivity index (χ1n) is 5.26. The lowest BCUT2D eigenvalue weighted by Crippen LogP contribution is -2.43. The Kier molecular flexibility index (Phi) is 3.85. The van der Waals surface area contributed by atoms with E-state index >= 15 is 0 Å². The highest BCUT2D eigenvalue weighted by atomic mass is 35.5. The maximum Gasteiger partial charge on any atom is 0.214 e. The van der Waals surface area contributed by atoms with Gasteiger partial charge in [0.15, 0.2) is 0 Å². The van der Waals surface area contributed by atoms with Gasteiger partial charge < -0.3 is 14.4 Å². The molecule has 1 unspecified atom stereocenters. The Morgan fingerprint density at radius 1 is 1.69 bits per heavy atom. The highest BCUT2D eigenvalue weighted by Crippen LogP contribution is 2.21. The third-order valence-electron chi connectivity index (χ3n) is 2.60. The Bertz CT molecular complexity index is 349. The van der Waals surface area contributed by atoms with Crippen LogP contribution in [0.15, 0.2) is 18.3 Å². The number of rotatable bonds is 3. The average Bonchev–Trinajstić information content (AvgIpc) is 2.39. The van der Waals surface area contributed by atoms with E-state index in [1.165, 1.54) is 0 Å². The maximum absolute atomic E-state index is 5.80. The molecule has 2 heterocycles. The summed E-state index contributed by atoms with van der Waals surface area (Å²) in [4.78, 5) is 6.32. The summed E-state index contributed by atoms with van der Waals surface area (Å²) >= 11 is 5.80. The first-order valence-corrected chi connectivity index (χ1v) is 5.79. The molecule has 16 heavy (non-hydrogen) atoms. The molecule has 0 amide bonds. The number of ether oxygens (including phenoxy) is 2. The second-order valence-electron chi connectivity index (χ2n) is 3.65. The molecule has 1 aliphatic rings. The van der Waals surface area contributed by atoms with Gasteiger partial charge in [0, 0.05) is 31.0 Å². The summed E-state index contributed by atoms with van der Waals surface area (Å²) in [6, 6.07) is 3.90. The number of anilines is 1. The van der Waals surface area contributed by atoms with Crippen molar-refractivity contribution in [2.45, 2.75) is 6.10 Å². The minimum Gasteiger partial charge on any atom is -0.481 e. The third-order valence-corrected chi connectivity index (χ3v) is 2.95. The molecule has 1 saturated heterocycles. The van der Waals surface area contributed by atoms with Crippen molar-refractivity contribution < 1.29 is 9.47 Å². The molecule has 0 aromatic carbocycles. The zero-order valence-corrected chi connectivity index (χ0v) is 9.98. The zero-order valence-electron chi connectivity index (χ0n) is 9.23. The largest absolute Gasteiger partial charge is 0.481 e. The van der Waals surface area contributed by atoms with Crippen LogP contribution in [0.25, 0.3) is 0 Å². The third kappa shape index (κ3) is 2.57. The molecular weight excluding hydrogens is 228 g/mol. The van der Waals surface area contributed by atoms with Crippen molar-refractivity contribution in [3.05, 3.63) is 18.3 Å². The summed E-state index contributed by atoms with van der Waals surface area (Å²) in [5.41, 5.74) is 1.10. The van der Waals surface area contributed by atoms with Crippen LogP contribution in [0.4, 0.5) is 5.69 Å². The van der Waals surface area contributed by atoms with Crippen molar-refractivity contribution in [2.75, 3.05) is 37.6 Å². The molecule has 0 saturated carbocycles. The molecule has 4 nitrogen and oxygen atoms in total. The number of pyridine rings is 1. The van der Waals surface area contributed by atoms with Crippen LogP contribution in [-0.4, -0.2) is 43.8 Å². The molecule has 0 spiro atoms. The number of morpholine rings is 1. The van der Waals surface area contributed by atoms with E-state index in [2.05, 4.69) is 9.88 Å². The second kappa shape index (κ2) is 5.37. The molecule has 1 aromatic rings. The number of aromatic nitrogens is 1. The van der Waals surface area contributed by atoms with Gasteiger partial charge in [-0.05, 0) is 6.07 Å². The van der Waals surface area contributed by atoms with Crippen LogP contribution >= 0.6 is 11.6 Å². The van der Waals surface area contributed by atoms with Crippen molar-refractivity contribution in [1.29, 1.82) is 0 Å². The van der Waals surface area contributed by atoms with Gasteiger partial charge in [-0.25, -0.2) is 4.98 Å². The van der Waals surface area contributed by atoms with E-state index in [0.717, 1.165) is 18.8 Å². The molecule has 1 fully saturated rings. The highest BCUT2D eigenvalue weighted by Gasteiger charge is 2.20.